The highest BCUT2D eigenvalue weighted by atomic mass is 14.9. The lowest BCUT2D eigenvalue weighted by Gasteiger charge is -2.17. The van der Waals surface area contributed by atoms with E-state index in [0.717, 1.165) is 17.5 Å². The minimum atomic E-state index is 0.241. The van der Waals surface area contributed by atoms with Crippen molar-refractivity contribution in [2.24, 2.45) is 0 Å². The van der Waals surface area contributed by atoms with Crippen molar-refractivity contribution in [3.05, 3.63) is 66.2 Å². The fraction of sp³-hybridized carbons (Fsp3) is 0.188. The van der Waals surface area contributed by atoms with Gasteiger partial charge in [0, 0.05) is 30.8 Å². The van der Waals surface area contributed by atoms with Crippen molar-refractivity contribution in [3.8, 4) is 0 Å². The van der Waals surface area contributed by atoms with Crippen LogP contribution < -0.4 is 5.32 Å². The average molecular weight is 264 g/mol. The van der Waals surface area contributed by atoms with Crippen LogP contribution in [0.4, 0.5) is 0 Å². The molecule has 0 aliphatic heterocycles. The summed E-state index contributed by atoms with van der Waals surface area (Å²) >= 11 is 0. The predicted molar refractivity (Wildman–Crippen MR) is 79.3 cm³/mol. The lowest BCUT2D eigenvalue weighted by molar-refractivity contribution is 0.591. The van der Waals surface area contributed by atoms with E-state index in [-0.39, 0.29) is 6.04 Å². The van der Waals surface area contributed by atoms with Gasteiger partial charge < -0.3 is 5.32 Å². The maximum absolute atomic E-state index is 4.36. The molecule has 2 aromatic heterocycles. The number of aromatic nitrogens is 3. The summed E-state index contributed by atoms with van der Waals surface area (Å²) in [5, 5.41) is 3.36. The molecule has 4 nitrogen and oxygen atoms in total. The first-order valence-electron chi connectivity index (χ1n) is 6.63. The second-order valence-corrected chi connectivity index (χ2v) is 4.71. The van der Waals surface area contributed by atoms with Crippen molar-refractivity contribution in [3.63, 3.8) is 0 Å². The van der Waals surface area contributed by atoms with Crippen molar-refractivity contribution < 1.29 is 0 Å². The molecule has 4 heteroatoms. The third kappa shape index (κ3) is 2.65. The summed E-state index contributed by atoms with van der Waals surface area (Å²) in [5.41, 5.74) is 4.28. The zero-order valence-electron chi connectivity index (χ0n) is 11.3. The zero-order valence-corrected chi connectivity index (χ0v) is 11.3. The third-order valence-corrected chi connectivity index (χ3v) is 3.41. The Hall–Kier alpha value is -2.33. The average Bonchev–Trinajstić information content (AvgIpc) is 2.53. The van der Waals surface area contributed by atoms with E-state index < -0.39 is 0 Å². The molecule has 3 aromatic rings. The summed E-state index contributed by atoms with van der Waals surface area (Å²) in [4.78, 5) is 12.8. The van der Waals surface area contributed by atoms with Crippen LogP contribution in [0.15, 0.2) is 55.1 Å². The molecule has 100 valence electrons. The van der Waals surface area contributed by atoms with Crippen molar-refractivity contribution in [1.82, 2.24) is 20.3 Å². The van der Waals surface area contributed by atoms with Gasteiger partial charge in [0.1, 0.15) is 0 Å². The fourth-order valence-electron chi connectivity index (χ4n) is 2.34. The van der Waals surface area contributed by atoms with Crippen LogP contribution in [0.2, 0.25) is 0 Å². The number of hydrogen-bond donors (Lipinski definition) is 1. The zero-order chi connectivity index (χ0) is 13.8. The molecule has 1 N–H and O–H groups in total. The molecule has 0 aliphatic carbocycles. The smallest absolute Gasteiger partial charge is 0.0890 e. The highest BCUT2D eigenvalue weighted by Crippen LogP contribution is 2.20. The highest BCUT2D eigenvalue weighted by molar-refractivity contribution is 5.74. The Balaban J connectivity index is 1.91. The van der Waals surface area contributed by atoms with Crippen LogP contribution in [-0.2, 0) is 6.42 Å². The molecule has 0 aliphatic rings. The fourth-order valence-corrected chi connectivity index (χ4v) is 2.34. The standard InChI is InChI=1S/C16H16N4/c1-17-15(9-12-3-2-6-18-11-12)13-4-5-14-16(10-13)20-8-7-19-14/h2-8,10-11,15,17H,9H2,1H3. The van der Waals surface area contributed by atoms with Crippen LogP contribution in [0, 0.1) is 0 Å². The Labute approximate surface area is 117 Å². The number of nitrogens with zero attached hydrogens (tertiary/aromatic N) is 3. The van der Waals surface area contributed by atoms with E-state index in [1.807, 2.05) is 25.4 Å². The number of fused-ring (bicyclic) bond motifs is 1. The topological polar surface area (TPSA) is 50.7 Å². The number of nitrogens with one attached hydrogen (secondary N) is 1. The molecule has 1 atom stereocenters. The highest BCUT2D eigenvalue weighted by Gasteiger charge is 2.11. The first-order chi connectivity index (χ1) is 9.86. The van der Waals surface area contributed by atoms with Gasteiger partial charge in [-0.1, -0.05) is 12.1 Å². The molecule has 0 amide bonds. The molecule has 0 spiro atoms. The van der Waals surface area contributed by atoms with Crippen molar-refractivity contribution in [1.29, 1.82) is 0 Å². The van der Waals surface area contributed by atoms with E-state index >= 15 is 0 Å². The molecule has 2 heterocycles. The van der Waals surface area contributed by atoms with Gasteiger partial charge in [-0.25, -0.2) is 0 Å². The molecule has 0 radical (unpaired) electrons. The first kappa shape index (κ1) is 12.7. The predicted octanol–water partition coefficient (Wildman–Crippen LogP) is 2.53. The summed E-state index contributed by atoms with van der Waals surface area (Å²) < 4.78 is 0. The number of likely N-dealkylation sites (N-methyl/N-ethyl adjacent to an activating group) is 1. The van der Waals surface area contributed by atoms with Crippen molar-refractivity contribution in [2.75, 3.05) is 7.05 Å². The number of rotatable bonds is 4. The minimum Gasteiger partial charge on any atom is -0.313 e. The lowest BCUT2D eigenvalue weighted by atomic mass is 9.99. The Morgan fingerprint density at radius 2 is 1.90 bits per heavy atom. The van der Waals surface area contributed by atoms with Crippen molar-refractivity contribution in [2.45, 2.75) is 12.5 Å². The van der Waals surface area contributed by atoms with Gasteiger partial charge in [0.15, 0.2) is 0 Å². The molecule has 20 heavy (non-hydrogen) atoms. The molecular formula is C16H16N4. The second kappa shape index (κ2) is 5.75. The van der Waals surface area contributed by atoms with Crippen LogP contribution in [0.3, 0.4) is 0 Å². The van der Waals surface area contributed by atoms with Crippen LogP contribution in [0.25, 0.3) is 11.0 Å². The Bertz CT molecular complexity index is 697. The molecule has 0 bridgehead atoms. The normalized spacial score (nSPS) is 12.4. The quantitative estimate of drug-likeness (QED) is 0.786. The SMILES string of the molecule is CNC(Cc1cccnc1)c1ccc2nccnc2c1. The van der Waals surface area contributed by atoms with Gasteiger partial charge in [0.05, 0.1) is 11.0 Å². The van der Waals surface area contributed by atoms with Gasteiger partial charge in [0.25, 0.3) is 0 Å². The van der Waals surface area contributed by atoms with E-state index in [0.29, 0.717) is 0 Å². The lowest BCUT2D eigenvalue weighted by Crippen LogP contribution is -2.18. The molecule has 3 rings (SSSR count). The second-order valence-electron chi connectivity index (χ2n) is 4.71. The Kier molecular flexibility index (Phi) is 3.65. The molecule has 0 fully saturated rings. The third-order valence-electron chi connectivity index (χ3n) is 3.41. The van der Waals surface area contributed by atoms with Crippen LogP contribution in [-0.4, -0.2) is 22.0 Å². The monoisotopic (exact) mass is 264 g/mol. The summed E-state index contributed by atoms with van der Waals surface area (Å²) in [6, 6.07) is 10.5. The first-order valence-corrected chi connectivity index (χ1v) is 6.63. The molecule has 0 saturated heterocycles. The maximum atomic E-state index is 4.36. The van der Waals surface area contributed by atoms with E-state index in [9.17, 15) is 0 Å². The Morgan fingerprint density at radius 3 is 2.65 bits per heavy atom. The summed E-state index contributed by atoms with van der Waals surface area (Å²) in [6.07, 6.45) is 8.04. The van der Waals surface area contributed by atoms with Crippen LogP contribution in [0.5, 0.6) is 0 Å². The molecule has 1 unspecified atom stereocenters. The van der Waals surface area contributed by atoms with E-state index in [4.69, 9.17) is 0 Å². The summed E-state index contributed by atoms with van der Waals surface area (Å²) in [6.45, 7) is 0. The molecule has 0 saturated carbocycles. The number of benzene rings is 1. The van der Waals surface area contributed by atoms with E-state index in [2.05, 4.69) is 38.5 Å². The van der Waals surface area contributed by atoms with E-state index in [1.54, 1.807) is 18.6 Å². The summed E-state index contributed by atoms with van der Waals surface area (Å²) in [7, 11) is 1.97. The minimum absolute atomic E-state index is 0.241. The maximum Gasteiger partial charge on any atom is 0.0890 e. The molecular weight excluding hydrogens is 248 g/mol. The van der Waals surface area contributed by atoms with Gasteiger partial charge in [-0.05, 0) is 42.8 Å². The number of hydrogen-bond acceptors (Lipinski definition) is 4. The van der Waals surface area contributed by atoms with Gasteiger partial charge in [-0.3, -0.25) is 15.0 Å². The van der Waals surface area contributed by atoms with Crippen LogP contribution >= 0.6 is 0 Å². The molecule has 1 aromatic carbocycles. The van der Waals surface area contributed by atoms with Crippen molar-refractivity contribution >= 4 is 11.0 Å². The largest absolute Gasteiger partial charge is 0.313 e. The Morgan fingerprint density at radius 1 is 1.05 bits per heavy atom. The van der Waals surface area contributed by atoms with Gasteiger partial charge in [-0.15, -0.1) is 0 Å². The van der Waals surface area contributed by atoms with Gasteiger partial charge in [0.2, 0.25) is 0 Å². The summed E-state index contributed by atoms with van der Waals surface area (Å²) in [5.74, 6) is 0. The van der Waals surface area contributed by atoms with E-state index in [1.165, 1.54) is 11.1 Å². The van der Waals surface area contributed by atoms with Gasteiger partial charge in [-0.2, -0.15) is 0 Å². The van der Waals surface area contributed by atoms with Gasteiger partial charge >= 0.3 is 0 Å². The number of pyridine rings is 1. The van der Waals surface area contributed by atoms with Crippen LogP contribution in [0.1, 0.15) is 17.2 Å².